The van der Waals surface area contributed by atoms with E-state index in [2.05, 4.69) is 5.32 Å². The monoisotopic (exact) mass is 270 g/mol. The fourth-order valence-electron chi connectivity index (χ4n) is 2.31. The summed E-state index contributed by atoms with van der Waals surface area (Å²) in [5, 5.41) is 20.5. The van der Waals surface area contributed by atoms with Gasteiger partial charge < -0.3 is 20.4 Å². The van der Waals surface area contributed by atoms with Crippen molar-refractivity contribution < 1.29 is 24.6 Å². The Morgan fingerprint density at radius 1 is 1.42 bits per heavy atom. The quantitative estimate of drug-likeness (QED) is 0.591. The number of aliphatic hydroxyl groups is 1. The minimum atomic E-state index is -1.34. The third-order valence-corrected chi connectivity index (χ3v) is 3.56. The highest BCUT2D eigenvalue weighted by Crippen LogP contribution is 2.32. The van der Waals surface area contributed by atoms with Crippen LogP contribution in [-0.4, -0.2) is 57.6 Å². The van der Waals surface area contributed by atoms with Crippen molar-refractivity contribution in [2.24, 2.45) is 5.92 Å². The normalized spacial score (nSPS) is 26.1. The number of rotatable bonds is 5. The molecule has 1 heterocycles. The molecule has 2 rings (SSSR count). The second-order valence-electron chi connectivity index (χ2n) is 5.24. The van der Waals surface area contributed by atoms with Gasteiger partial charge in [-0.25, -0.2) is 4.79 Å². The van der Waals surface area contributed by atoms with E-state index in [0.29, 0.717) is 6.54 Å². The Kier molecular flexibility index (Phi) is 3.75. The van der Waals surface area contributed by atoms with Gasteiger partial charge in [0.2, 0.25) is 11.8 Å². The Morgan fingerprint density at radius 2 is 2.05 bits per heavy atom. The number of aliphatic carboxylic acids is 1. The molecule has 1 saturated heterocycles. The maximum Gasteiger partial charge on any atom is 0.328 e. The Labute approximate surface area is 110 Å². The average molecular weight is 270 g/mol. The van der Waals surface area contributed by atoms with E-state index in [1.165, 1.54) is 6.92 Å². The van der Waals surface area contributed by atoms with Crippen LogP contribution in [0.1, 0.15) is 26.2 Å². The van der Waals surface area contributed by atoms with Crippen molar-refractivity contribution in [3.63, 3.8) is 0 Å². The molecule has 0 bridgehead atoms. The van der Waals surface area contributed by atoms with Crippen molar-refractivity contribution in [2.45, 2.75) is 44.4 Å². The molecule has 7 heteroatoms. The first kappa shape index (κ1) is 13.8. The van der Waals surface area contributed by atoms with Crippen LogP contribution >= 0.6 is 0 Å². The highest BCUT2D eigenvalue weighted by molar-refractivity contribution is 5.91. The van der Waals surface area contributed by atoms with E-state index < -0.39 is 29.9 Å². The highest BCUT2D eigenvalue weighted by Gasteiger charge is 2.42. The number of likely N-dealkylation sites (tertiary alicyclic amines) is 1. The van der Waals surface area contributed by atoms with E-state index in [1.807, 2.05) is 0 Å². The third kappa shape index (κ3) is 3.04. The molecule has 3 atom stereocenters. The fraction of sp³-hybridized carbons (Fsp3) is 0.750. The van der Waals surface area contributed by atoms with Gasteiger partial charge in [0.1, 0.15) is 0 Å². The zero-order valence-electron chi connectivity index (χ0n) is 10.7. The molecule has 0 aromatic carbocycles. The number of aliphatic hydroxyl groups excluding tert-OH is 1. The lowest BCUT2D eigenvalue weighted by molar-refractivity contribution is -0.145. The largest absolute Gasteiger partial charge is 0.480 e. The van der Waals surface area contributed by atoms with Crippen molar-refractivity contribution in [2.75, 3.05) is 6.54 Å². The van der Waals surface area contributed by atoms with Crippen molar-refractivity contribution in [1.82, 2.24) is 10.2 Å². The molecule has 0 spiro atoms. The fourth-order valence-corrected chi connectivity index (χ4v) is 2.31. The maximum atomic E-state index is 11.9. The van der Waals surface area contributed by atoms with E-state index in [-0.39, 0.29) is 18.4 Å². The minimum Gasteiger partial charge on any atom is -0.480 e. The van der Waals surface area contributed by atoms with E-state index >= 15 is 0 Å². The molecule has 1 aliphatic carbocycles. The molecule has 0 aromatic rings. The third-order valence-electron chi connectivity index (χ3n) is 3.56. The van der Waals surface area contributed by atoms with E-state index in [1.54, 1.807) is 4.90 Å². The van der Waals surface area contributed by atoms with Gasteiger partial charge in [-0.15, -0.1) is 0 Å². The van der Waals surface area contributed by atoms with Gasteiger partial charge in [0.05, 0.1) is 12.0 Å². The lowest BCUT2D eigenvalue weighted by Gasteiger charge is -2.19. The molecule has 2 aliphatic rings. The molecule has 106 valence electrons. The number of nitrogens with one attached hydrogen (secondary N) is 1. The summed E-state index contributed by atoms with van der Waals surface area (Å²) in [6, 6.07) is -1.07. The molecule has 0 radical (unpaired) electrons. The number of carbonyl (C=O) groups excluding carboxylic acids is 2. The summed E-state index contributed by atoms with van der Waals surface area (Å²) in [5.74, 6) is -2.34. The van der Waals surface area contributed by atoms with Gasteiger partial charge in [-0.2, -0.15) is 0 Å². The molecule has 7 nitrogen and oxygen atoms in total. The maximum absolute atomic E-state index is 11.9. The Hall–Kier alpha value is -1.63. The molecule has 1 saturated carbocycles. The molecular weight excluding hydrogens is 252 g/mol. The predicted molar refractivity (Wildman–Crippen MR) is 64.1 cm³/mol. The number of amides is 2. The summed E-state index contributed by atoms with van der Waals surface area (Å²) < 4.78 is 0. The zero-order chi connectivity index (χ0) is 14.2. The van der Waals surface area contributed by atoms with Crippen LogP contribution in [0.25, 0.3) is 0 Å². The topological polar surface area (TPSA) is 107 Å². The first-order valence-corrected chi connectivity index (χ1v) is 6.41. The second-order valence-corrected chi connectivity index (χ2v) is 5.24. The van der Waals surface area contributed by atoms with Gasteiger partial charge in [-0.3, -0.25) is 9.59 Å². The van der Waals surface area contributed by atoms with Gasteiger partial charge in [0.15, 0.2) is 6.04 Å². The summed E-state index contributed by atoms with van der Waals surface area (Å²) in [7, 11) is 0. The average Bonchev–Trinajstić information content (AvgIpc) is 3.08. The lowest BCUT2D eigenvalue weighted by Crippen LogP contribution is -2.49. The Balaban J connectivity index is 1.93. The van der Waals surface area contributed by atoms with E-state index in [9.17, 15) is 19.5 Å². The molecule has 1 aliphatic heterocycles. The van der Waals surface area contributed by atoms with Crippen LogP contribution in [0.5, 0.6) is 0 Å². The van der Waals surface area contributed by atoms with Gasteiger partial charge in [0, 0.05) is 19.0 Å². The SMILES string of the molecule is CC(O)C(NC(=O)C1CC(=O)N(C2CC2)C1)C(=O)O. The first-order valence-electron chi connectivity index (χ1n) is 6.41. The Morgan fingerprint density at radius 3 is 2.53 bits per heavy atom. The van der Waals surface area contributed by atoms with Gasteiger partial charge in [-0.1, -0.05) is 0 Å². The standard InChI is InChI=1S/C12H18N2O5/c1-6(15)10(12(18)19)13-11(17)7-4-9(16)14(5-7)8-2-3-8/h6-8,10,15H,2-5H2,1H3,(H,13,17)(H,18,19). The summed E-state index contributed by atoms with van der Waals surface area (Å²) in [6.45, 7) is 1.65. The van der Waals surface area contributed by atoms with Crippen molar-refractivity contribution >= 4 is 17.8 Å². The van der Waals surface area contributed by atoms with Gasteiger partial charge in [-0.05, 0) is 19.8 Å². The molecule has 0 aromatic heterocycles. The van der Waals surface area contributed by atoms with Crippen LogP contribution in [0.3, 0.4) is 0 Å². The van der Waals surface area contributed by atoms with Crippen LogP contribution < -0.4 is 5.32 Å². The van der Waals surface area contributed by atoms with Crippen LogP contribution in [0.2, 0.25) is 0 Å². The molecule has 3 unspecified atom stereocenters. The summed E-state index contributed by atoms with van der Waals surface area (Å²) in [4.78, 5) is 36.2. The molecule has 2 fully saturated rings. The summed E-state index contributed by atoms with van der Waals surface area (Å²) in [6.07, 6.45) is 0.893. The van der Waals surface area contributed by atoms with Crippen LogP contribution in [-0.2, 0) is 14.4 Å². The molecule has 3 N–H and O–H groups in total. The van der Waals surface area contributed by atoms with Crippen LogP contribution in [0.15, 0.2) is 0 Å². The number of hydrogen-bond donors (Lipinski definition) is 3. The van der Waals surface area contributed by atoms with Crippen molar-refractivity contribution in [3.8, 4) is 0 Å². The predicted octanol–water partition coefficient (Wildman–Crippen LogP) is -1.05. The minimum absolute atomic E-state index is 0.0495. The van der Waals surface area contributed by atoms with E-state index in [0.717, 1.165) is 12.8 Å². The summed E-state index contributed by atoms with van der Waals surface area (Å²) in [5.41, 5.74) is 0. The van der Waals surface area contributed by atoms with E-state index in [4.69, 9.17) is 5.11 Å². The number of carboxylic acids is 1. The Bertz CT molecular complexity index is 405. The number of carboxylic acid groups (broad SMARTS) is 1. The van der Waals surface area contributed by atoms with Crippen LogP contribution in [0, 0.1) is 5.92 Å². The smallest absolute Gasteiger partial charge is 0.328 e. The number of carbonyl (C=O) groups is 3. The van der Waals surface area contributed by atoms with Gasteiger partial charge >= 0.3 is 5.97 Å². The van der Waals surface area contributed by atoms with Crippen LogP contribution in [0.4, 0.5) is 0 Å². The number of nitrogens with zero attached hydrogens (tertiary/aromatic N) is 1. The van der Waals surface area contributed by atoms with Gasteiger partial charge in [0.25, 0.3) is 0 Å². The zero-order valence-corrected chi connectivity index (χ0v) is 10.7. The van der Waals surface area contributed by atoms with Crippen molar-refractivity contribution in [1.29, 1.82) is 0 Å². The second kappa shape index (κ2) is 5.16. The van der Waals surface area contributed by atoms with Crippen molar-refractivity contribution in [3.05, 3.63) is 0 Å². The molecular formula is C12H18N2O5. The lowest BCUT2D eigenvalue weighted by atomic mass is 10.1. The summed E-state index contributed by atoms with van der Waals surface area (Å²) >= 11 is 0. The molecule has 2 amide bonds. The first-order chi connectivity index (χ1) is 8.90. The highest BCUT2D eigenvalue weighted by atomic mass is 16.4. The number of hydrogen-bond acceptors (Lipinski definition) is 4. The molecule has 19 heavy (non-hydrogen) atoms.